The van der Waals surface area contributed by atoms with Crippen LogP contribution in [-0.2, 0) is 4.79 Å². The predicted molar refractivity (Wildman–Crippen MR) is 77.5 cm³/mol. The van der Waals surface area contributed by atoms with E-state index in [0.717, 1.165) is 12.1 Å². The summed E-state index contributed by atoms with van der Waals surface area (Å²) >= 11 is 0. The largest absolute Gasteiger partial charge is 0.481 e. The van der Waals surface area contributed by atoms with E-state index >= 15 is 0 Å². The van der Waals surface area contributed by atoms with Gasteiger partial charge in [0.1, 0.15) is 11.6 Å². The Labute approximate surface area is 126 Å². The van der Waals surface area contributed by atoms with Crippen molar-refractivity contribution in [1.29, 1.82) is 0 Å². The van der Waals surface area contributed by atoms with Gasteiger partial charge in [-0.2, -0.15) is 0 Å². The molecule has 5 heteroatoms. The molecular weight excluding hydrogens is 290 g/mol. The molecule has 0 aliphatic rings. The van der Waals surface area contributed by atoms with Crippen LogP contribution >= 0.6 is 0 Å². The Morgan fingerprint density at radius 3 is 2.41 bits per heavy atom. The third kappa shape index (κ3) is 3.36. The lowest BCUT2D eigenvalue weighted by Gasteiger charge is -2.11. The second kappa shape index (κ2) is 6.47. The second-order valence-corrected chi connectivity index (χ2v) is 5.04. The number of rotatable bonds is 5. The maximum atomic E-state index is 13.9. The number of hydrogen-bond donors (Lipinski definition) is 1. The van der Waals surface area contributed by atoms with Crippen molar-refractivity contribution in [3.63, 3.8) is 0 Å². The average Bonchev–Trinajstić information content (AvgIpc) is 2.47. The standard InChI is InChI=1S/C17H14F2O3/c1-10(17(21)22)8-16(20)14-5-3-2-4-12(14)13-7-6-11(18)9-15(13)19/h2-7,9-10H,8H2,1H3,(H,21,22)/t10-/m0/s1. The Bertz CT molecular complexity index is 726. The first-order valence-electron chi connectivity index (χ1n) is 6.70. The summed E-state index contributed by atoms with van der Waals surface area (Å²) in [7, 11) is 0. The van der Waals surface area contributed by atoms with Crippen LogP contribution in [0.2, 0.25) is 0 Å². The van der Waals surface area contributed by atoms with Gasteiger partial charge >= 0.3 is 5.97 Å². The number of aliphatic carboxylic acids is 1. The van der Waals surface area contributed by atoms with Gasteiger partial charge in [-0.1, -0.05) is 31.2 Å². The summed E-state index contributed by atoms with van der Waals surface area (Å²) < 4.78 is 26.9. The lowest BCUT2D eigenvalue weighted by Crippen LogP contribution is -2.15. The summed E-state index contributed by atoms with van der Waals surface area (Å²) in [6.07, 6.45) is -0.185. The zero-order valence-electron chi connectivity index (χ0n) is 11.8. The number of carbonyl (C=O) groups excluding carboxylic acids is 1. The molecule has 1 atom stereocenters. The summed E-state index contributed by atoms with van der Waals surface area (Å²) in [6, 6.07) is 9.43. The molecule has 22 heavy (non-hydrogen) atoms. The van der Waals surface area contributed by atoms with Gasteiger partial charge in [-0.3, -0.25) is 9.59 Å². The van der Waals surface area contributed by atoms with Crippen molar-refractivity contribution >= 4 is 11.8 Å². The van der Waals surface area contributed by atoms with Crippen molar-refractivity contribution in [1.82, 2.24) is 0 Å². The molecule has 0 saturated carbocycles. The normalized spacial score (nSPS) is 12.0. The first-order valence-corrected chi connectivity index (χ1v) is 6.70. The van der Waals surface area contributed by atoms with E-state index in [-0.39, 0.29) is 17.5 Å². The highest BCUT2D eigenvalue weighted by Crippen LogP contribution is 2.28. The Morgan fingerprint density at radius 2 is 1.77 bits per heavy atom. The Balaban J connectivity index is 2.42. The molecule has 0 bridgehead atoms. The maximum absolute atomic E-state index is 13.9. The minimum atomic E-state index is -1.07. The van der Waals surface area contributed by atoms with Crippen molar-refractivity contribution in [2.45, 2.75) is 13.3 Å². The molecule has 0 fully saturated rings. The summed E-state index contributed by atoms with van der Waals surface area (Å²) in [5, 5.41) is 8.88. The molecule has 2 rings (SSSR count). The average molecular weight is 304 g/mol. The number of carbonyl (C=O) groups is 2. The third-order valence-electron chi connectivity index (χ3n) is 3.36. The number of hydrogen-bond acceptors (Lipinski definition) is 2. The van der Waals surface area contributed by atoms with E-state index in [4.69, 9.17) is 5.11 Å². The van der Waals surface area contributed by atoms with Gasteiger partial charge in [0.25, 0.3) is 0 Å². The smallest absolute Gasteiger partial charge is 0.306 e. The van der Waals surface area contributed by atoms with Crippen LogP contribution in [-0.4, -0.2) is 16.9 Å². The van der Waals surface area contributed by atoms with Crippen LogP contribution in [0.15, 0.2) is 42.5 Å². The fourth-order valence-corrected chi connectivity index (χ4v) is 2.14. The molecule has 0 saturated heterocycles. The van der Waals surface area contributed by atoms with E-state index < -0.39 is 29.3 Å². The van der Waals surface area contributed by atoms with E-state index in [0.29, 0.717) is 5.56 Å². The lowest BCUT2D eigenvalue weighted by atomic mass is 9.92. The van der Waals surface area contributed by atoms with Crippen LogP contribution in [0.25, 0.3) is 11.1 Å². The highest BCUT2D eigenvalue weighted by molar-refractivity contribution is 6.03. The molecule has 2 aromatic rings. The maximum Gasteiger partial charge on any atom is 0.306 e. The van der Waals surface area contributed by atoms with Gasteiger partial charge in [0, 0.05) is 23.6 Å². The Morgan fingerprint density at radius 1 is 1.09 bits per heavy atom. The lowest BCUT2D eigenvalue weighted by molar-refractivity contribution is -0.141. The van der Waals surface area contributed by atoms with Crippen molar-refractivity contribution in [2.75, 3.05) is 0 Å². The molecule has 3 nitrogen and oxygen atoms in total. The van der Waals surface area contributed by atoms with Crippen LogP contribution in [0.5, 0.6) is 0 Å². The van der Waals surface area contributed by atoms with Crippen molar-refractivity contribution in [2.24, 2.45) is 5.92 Å². The molecule has 0 unspecified atom stereocenters. The van der Waals surface area contributed by atoms with Gasteiger partial charge in [-0.15, -0.1) is 0 Å². The highest BCUT2D eigenvalue weighted by atomic mass is 19.1. The topological polar surface area (TPSA) is 54.4 Å². The van der Waals surface area contributed by atoms with E-state index in [2.05, 4.69) is 0 Å². The fourth-order valence-electron chi connectivity index (χ4n) is 2.14. The highest BCUT2D eigenvalue weighted by Gasteiger charge is 2.20. The van der Waals surface area contributed by atoms with Gasteiger partial charge < -0.3 is 5.11 Å². The van der Waals surface area contributed by atoms with Gasteiger partial charge in [-0.05, 0) is 17.7 Å². The van der Waals surface area contributed by atoms with Crippen molar-refractivity contribution in [3.8, 4) is 11.1 Å². The molecule has 1 N–H and O–H groups in total. The molecule has 0 amide bonds. The van der Waals surface area contributed by atoms with Crippen LogP contribution in [0.1, 0.15) is 23.7 Å². The molecule has 114 valence electrons. The molecular formula is C17H14F2O3. The van der Waals surface area contributed by atoms with Crippen LogP contribution < -0.4 is 0 Å². The van der Waals surface area contributed by atoms with Crippen molar-refractivity contribution < 1.29 is 23.5 Å². The van der Waals surface area contributed by atoms with E-state index in [1.54, 1.807) is 18.2 Å². The Kier molecular flexibility index (Phi) is 4.65. The summed E-state index contributed by atoms with van der Waals surface area (Å²) in [4.78, 5) is 23.1. The minimum Gasteiger partial charge on any atom is -0.481 e. The van der Waals surface area contributed by atoms with Gasteiger partial charge in [0.05, 0.1) is 5.92 Å². The number of halogens is 2. The third-order valence-corrected chi connectivity index (χ3v) is 3.36. The SMILES string of the molecule is C[C@@H](CC(=O)c1ccccc1-c1ccc(F)cc1F)C(=O)O. The fraction of sp³-hybridized carbons (Fsp3) is 0.176. The van der Waals surface area contributed by atoms with E-state index in [1.165, 1.54) is 19.1 Å². The summed E-state index contributed by atoms with van der Waals surface area (Å²) in [5.41, 5.74) is 0.650. The number of benzene rings is 2. The number of ketones is 1. The molecule has 0 aromatic heterocycles. The summed E-state index contributed by atoms with van der Waals surface area (Å²) in [5.74, 6) is -3.78. The van der Waals surface area contributed by atoms with Crippen LogP contribution in [0.4, 0.5) is 8.78 Å². The zero-order valence-corrected chi connectivity index (χ0v) is 11.8. The molecule has 2 aromatic carbocycles. The van der Waals surface area contributed by atoms with Gasteiger partial charge in [0.15, 0.2) is 5.78 Å². The minimum absolute atomic E-state index is 0.105. The second-order valence-electron chi connectivity index (χ2n) is 5.04. The van der Waals surface area contributed by atoms with Gasteiger partial charge in [0.2, 0.25) is 0 Å². The first kappa shape index (κ1) is 15.8. The molecule has 0 aliphatic carbocycles. The Hall–Kier alpha value is -2.56. The number of carboxylic acid groups (broad SMARTS) is 1. The van der Waals surface area contributed by atoms with Gasteiger partial charge in [-0.25, -0.2) is 8.78 Å². The molecule has 0 aliphatic heterocycles. The molecule has 0 heterocycles. The van der Waals surface area contributed by atoms with Crippen LogP contribution in [0.3, 0.4) is 0 Å². The zero-order chi connectivity index (χ0) is 16.3. The summed E-state index contributed by atoms with van der Waals surface area (Å²) in [6.45, 7) is 1.43. The first-order chi connectivity index (χ1) is 10.4. The molecule has 0 radical (unpaired) electrons. The van der Waals surface area contributed by atoms with E-state index in [9.17, 15) is 18.4 Å². The van der Waals surface area contributed by atoms with Crippen LogP contribution in [0, 0.1) is 17.6 Å². The van der Waals surface area contributed by atoms with Crippen molar-refractivity contribution in [3.05, 3.63) is 59.7 Å². The number of carboxylic acids is 1. The monoisotopic (exact) mass is 304 g/mol. The number of Topliss-reactive ketones (excluding diaryl/α,β-unsaturated/α-hetero) is 1. The quantitative estimate of drug-likeness (QED) is 0.852. The molecule has 0 spiro atoms. The van der Waals surface area contributed by atoms with E-state index in [1.807, 2.05) is 0 Å². The predicted octanol–water partition coefficient (Wildman–Crippen LogP) is 3.93.